The molecule has 0 aromatic heterocycles. The highest BCUT2D eigenvalue weighted by Gasteiger charge is 2.24. The van der Waals surface area contributed by atoms with E-state index >= 15 is 0 Å². The van der Waals surface area contributed by atoms with Crippen LogP contribution in [0.4, 0.5) is 0 Å². The smallest absolute Gasteiger partial charge is 0.262 e. The summed E-state index contributed by atoms with van der Waals surface area (Å²) in [6.45, 7) is 0.841. The van der Waals surface area contributed by atoms with Crippen LogP contribution in [0.15, 0.2) is 29.5 Å². The molecule has 2 heterocycles. The largest absolute Gasteiger partial charge is 0.322 e. The van der Waals surface area contributed by atoms with Gasteiger partial charge in [0, 0.05) is 19.2 Å². The number of nitrogens with zero attached hydrogens (tertiary/aromatic N) is 4. The predicted octanol–water partition coefficient (Wildman–Crippen LogP) is 0.831. The van der Waals surface area contributed by atoms with Gasteiger partial charge in [-0.05, 0) is 18.6 Å². The highest BCUT2D eigenvalue weighted by molar-refractivity contribution is 6.00. The van der Waals surface area contributed by atoms with E-state index in [4.69, 9.17) is 5.26 Å². The first-order valence-corrected chi connectivity index (χ1v) is 5.18. The lowest BCUT2D eigenvalue weighted by atomic mass is 10.3. The lowest BCUT2D eigenvalue weighted by Crippen LogP contribution is -2.45. The van der Waals surface area contributed by atoms with E-state index in [0.717, 1.165) is 5.84 Å². The minimum absolute atomic E-state index is 0.0263. The van der Waals surface area contributed by atoms with Crippen LogP contribution in [0.3, 0.4) is 0 Å². The SMILES string of the molecule is N#CCCCN1N=C2C=CC=CN2CC1=O. The minimum atomic E-state index is -0.0263. The summed E-state index contributed by atoms with van der Waals surface area (Å²) < 4.78 is 0. The van der Waals surface area contributed by atoms with E-state index in [2.05, 4.69) is 11.2 Å². The molecular weight excluding hydrogens is 204 g/mol. The van der Waals surface area contributed by atoms with Gasteiger partial charge in [-0.2, -0.15) is 10.4 Å². The number of unbranched alkanes of at least 4 members (excludes halogenated alkanes) is 1. The second-order valence-electron chi connectivity index (χ2n) is 3.57. The van der Waals surface area contributed by atoms with E-state index in [-0.39, 0.29) is 5.91 Å². The van der Waals surface area contributed by atoms with Gasteiger partial charge in [-0.1, -0.05) is 6.08 Å². The molecule has 0 N–H and O–H groups in total. The van der Waals surface area contributed by atoms with Crippen molar-refractivity contribution in [3.05, 3.63) is 24.4 Å². The van der Waals surface area contributed by atoms with E-state index < -0.39 is 0 Å². The fourth-order valence-electron chi connectivity index (χ4n) is 1.58. The van der Waals surface area contributed by atoms with Crippen LogP contribution in [0.25, 0.3) is 0 Å². The molecule has 0 saturated carbocycles. The van der Waals surface area contributed by atoms with Crippen LogP contribution in [-0.2, 0) is 4.79 Å². The maximum Gasteiger partial charge on any atom is 0.262 e. The average molecular weight is 216 g/mol. The maximum absolute atomic E-state index is 11.7. The molecule has 0 spiro atoms. The lowest BCUT2D eigenvalue weighted by Gasteiger charge is -2.30. The van der Waals surface area contributed by atoms with E-state index in [0.29, 0.717) is 25.9 Å². The number of hydrogen-bond donors (Lipinski definition) is 0. The Morgan fingerprint density at radius 3 is 3.19 bits per heavy atom. The first-order valence-electron chi connectivity index (χ1n) is 5.18. The van der Waals surface area contributed by atoms with Crippen molar-refractivity contribution in [3.8, 4) is 6.07 Å². The van der Waals surface area contributed by atoms with Gasteiger partial charge >= 0.3 is 0 Å². The van der Waals surface area contributed by atoms with Gasteiger partial charge in [-0.3, -0.25) is 4.79 Å². The molecule has 0 saturated heterocycles. The van der Waals surface area contributed by atoms with Gasteiger partial charge in [0.1, 0.15) is 6.54 Å². The molecule has 5 heteroatoms. The Bertz CT molecular complexity index is 416. The van der Waals surface area contributed by atoms with Crippen molar-refractivity contribution in [1.82, 2.24) is 9.91 Å². The number of carbonyl (C=O) groups is 1. The predicted molar refractivity (Wildman–Crippen MR) is 59.0 cm³/mol. The first-order chi connectivity index (χ1) is 7.81. The molecule has 0 aromatic rings. The minimum Gasteiger partial charge on any atom is -0.322 e. The van der Waals surface area contributed by atoms with E-state index in [1.807, 2.05) is 29.3 Å². The fourth-order valence-corrected chi connectivity index (χ4v) is 1.58. The van der Waals surface area contributed by atoms with Crippen molar-refractivity contribution in [2.24, 2.45) is 5.10 Å². The van der Waals surface area contributed by atoms with Crippen LogP contribution < -0.4 is 0 Å². The number of fused-ring (bicyclic) bond motifs is 1. The molecule has 0 unspecified atom stereocenters. The Labute approximate surface area is 93.9 Å². The van der Waals surface area contributed by atoms with Crippen LogP contribution >= 0.6 is 0 Å². The summed E-state index contributed by atoms with van der Waals surface area (Å²) in [4.78, 5) is 13.5. The molecule has 0 atom stereocenters. The Hall–Kier alpha value is -2.09. The summed E-state index contributed by atoms with van der Waals surface area (Å²) in [5, 5.41) is 14.1. The molecule has 2 rings (SSSR count). The third kappa shape index (κ3) is 2.11. The van der Waals surface area contributed by atoms with Gasteiger partial charge < -0.3 is 4.90 Å². The normalized spacial score (nSPS) is 18.2. The monoisotopic (exact) mass is 216 g/mol. The zero-order valence-electron chi connectivity index (χ0n) is 8.83. The Kier molecular flexibility index (Phi) is 3.01. The van der Waals surface area contributed by atoms with Crippen molar-refractivity contribution in [1.29, 1.82) is 5.26 Å². The lowest BCUT2D eigenvalue weighted by molar-refractivity contribution is -0.132. The Morgan fingerprint density at radius 2 is 2.38 bits per heavy atom. The molecule has 16 heavy (non-hydrogen) atoms. The Balaban J connectivity index is 2.04. The average Bonchev–Trinajstić information content (AvgIpc) is 2.30. The zero-order valence-corrected chi connectivity index (χ0v) is 8.83. The van der Waals surface area contributed by atoms with Crippen LogP contribution in [-0.4, -0.2) is 34.7 Å². The second-order valence-corrected chi connectivity index (χ2v) is 3.57. The topological polar surface area (TPSA) is 59.7 Å². The first kappa shape index (κ1) is 10.4. The number of hydrogen-bond acceptors (Lipinski definition) is 4. The molecule has 0 fully saturated rings. The summed E-state index contributed by atoms with van der Waals surface area (Å²) in [5.74, 6) is 0.751. The molecule has 82 valence electrons. The number of amidine groups is 1. The van der Waals surface area contributed by atoms with Gasteiger partial charge in [-0.15, -0.1) is 0 Å². The summed E-state index contributed by atoms with van der Waals surface area (Å²) >= 11 is 0. The third-order valence-corrected chi connectivity index (χ3v) is 2.39. The molecule has 2 aliphatic heterocycles. The summed E-state index contributed by atoms with van der Waals surface area (Å²) in [7, 11) is 0. The molecular formula is C11H12N4O. The van der Waals surface area contributed by atoms with Gasteiger partial charge in [0.2, 0.25) is 0 Å². The maximum atomic E-state index is 11.7. The number of nitriles is 1. The van der Waals surface area contributed by atoms with Crippen LogP contribution in [0.1, 0.15) is 12.8 Å². The highest BCUT2D eigenvalue weighted by Crippen LogP contribution is 2.11. The molecule has 0 bridgehead atoms. The van der Waals surface area contributed by atoms with Gasteiger partial charge in [0.15, 0.2) is 5.84 Å². The summed E-state index contributed by atoms with van der Waals surface area (Å²) in [6, 6.07) is 2.06. The molecule has 0 radical (unpaired) electrons. The fraction of sp³-hybridized carbons (Fsp3) is 0.364. The van der Waals surface area contributed by atoms with E-state index in [9.17, 15) is 4.79 Å². The van der Waals surface area contributed by atoms with Crippen molar-refractivity contribution in [2.45, 2.75) is 12.8 Å². The van der Waals surface area contributed by atoms with Crippen molar-refractivity contribution in [2.75, 3.05) is 13.1 Å². The standard InChI is InChI=1S/C11H12N4O/c12-6-2-4-8-15-11(16)9-14-7-3-1-5-10(14)13-15/h1,3,5,7H,2,4,8-9H2. The molecule has 0 aromatic carbocycles. The summed E-state index contributed by atoms with van der Waals surface area (Å²) in [6.07, 6.45) is 8.58. The number of allylic oxidation sites excluding steroid dienone is 2. The van der Waals surface area contributed by atoms with Gasteiger partial charge in [0.25, 0.3) is 5.91 Å². The van der Waals surface area contributed by atoms with E-state index in [1.54, 1.807) is 0 Å². The van der Waals surface area contributed by atoms with E-state index in [1.165, 1.54) is 5.01 Å². The molecule has 0 aliphatic carbocycles. The van der Waals surface area contributed by atoms with Gasteiger partial charge in [0.05, 0.1) is 6.07 Å². The number of carbonyl (C=O) groups excluding carboxylic acids is 1. The number of amides is 1. The quantitative estimate of drug-likeness (QED) is 0.656. The second kappa shape index (κ2) is 4.62. The highest BCUT2D eigenvalue weighted by atomic mass is 16.2. The van der Waals surface area contributed by atoms with Crippen LogP contribution in [0, 0.1) is 11.3 Å². The number of rotatable bonds is 3. The summed E-state index contributed by atoms with van der Waals surface area (Å²) in [5.41, 5.74) is 0. The third-order valence-electron chi connectivity index (χ3n) is 2.39. The van der Waals surface area contributed by atoms with Crippen LogP contribution in [0.5, 0.6) is 0 Å². The van der Waals surface area contributed by atoms with Crippen molar-refractivity contribution < 1.29 is 4.79 Å². The molecule has 2 aliphatic rings. The zero-order chi connectivity index (χ0) is 11.4. The van der Waals surface area contributed by atoms with Crippen molar-refractivity contribution in [3.63, 3.8) is 0 Å². The molecule has 5 nitrogen and oxygen atoms in total. The van der Waals surface area contributed by atoms with Gasteiger partial charge in [-0.25, -0.2) is 5.01 Å². The van der Waals surface area contributed by atoms with Crippen molar-refractivity contribution >= 4 is 11.7 Å². The molecule has 1 amide bonds. The van der Waals surface area contributed by atoms with Crippen LogP contribution in [0.2, 0.25) is 0 Å². The Morgan fingerprint density at radius 1 is 1.50 bits per heavy atom. The number of hydrazone groups is 1.